The summed E-state index contributed by atoms with van der Waals surface area (Å²) in [5, 5.41) is 11.3. The molecule has 0 aromatic heterocycles. The van der Waals surface area contributed by atoms with Crippen molar-refractivity contribution in [1.29, 1.82) is 0 Å². The van der Waals surface area contributed by atoms with Crippen LogP contribution in [-0.4, -0.2) is 10.7 Å². The molecule has 0 amide bonds. The van der Waals surface area contributed by atoms with Crippen LogP contribution in [0.1, 0.15) is 126 Å². The monoisotopic (exact) mass is 428 g/mol. The normalized spacial score (nSPS) is 33.7. The highest BCUT2D eigenvalue weighted by atomic mass is 16.3. The third-order valence-corrected chi connectivity index (χ3v) is 8.83. The summed E-state index contributed by atoms with van der Waals surface area (Å²) in [6, 6.07) is 0. The number of rotatable bonds is 9. The van der Waals surface area contributed by atoms with Gasteiger partial charge >= 0.3 is 0 Å². The molecule has 2 aliphatic rings. The first kappa shape index (κ1) is 26.4. The van der Waals surface area contributed by atoms with Crippen molar-refractivity contribution < 1.29 is 5.11 Å². The van der Waals surface area contributed by atoms with Gasteiger partial charge < -0.3 is 5.11 Å². The lowest BCUT2D eigenvalue weighted by atomic mass is 9.45. The number of hydrogen-bond donors (Lipinski definition) is 1. The van der Waals surface area contributed by atoms with Gasteiger partial charge in [0.25, 0.3) is 0 Å². The van der Waals surface area contributed by atoms with Crippen molar-refractivity contribution >= 4 is 0 Å². The van der Waals surface area contributed by atoms with E-state index in [0.717, 1.165) is 44.4 Å². The molecular formula is C30H52O. The van der Waals surface area contributed by atoms with Gasteiger partial charge in [0.15, 0.2) is 0 Å². The van der Waals surface area contributed by atoms with Gasteiger partial charge in [-0.15, -0.1) is 0 Å². The topological polar surface area (TPSA) is 20.2 Å². The molecule has 0 aliphatic heterocycles. The summed E-state index contributed by atoms with van der Waals surface area (Å²) in [5.41, 5.74) is 4.64. The van der Waals surface area contributed by atoms with Gasteiger partial charge in [-0.2, -0.15) is 0 Å². The van der Waals surface area contributed by atoms with E-state index in [-0.39, 0.29) is 5.41 Å². The lowest BCUT2D eigenvalue weighted by Crippen LogP contribution is -2.57. The van der Waals surface area contributed by atoms with Crippen molar-refractivity contribution in [2.45, 2.75) is 132 Å². The first-order valence-corrected chi connectivity index (χ1v) is 13.1. The minimum atomic E-state index is -0.508. The van der Waals surface area contributed by atoms with Gasteiger partial charge in [-0.3, -0.25) is 0 Å². The van der Waals surface area contributed by atoms with Gasteiger partial charge in [-0.05, 0) is 121 Å². The quantitative estimate of drug-likeness (QED) is 0.363. The summed E-state index contributed by atoms with van der Waals surface area (Å²) in [6.45, 7) is 18.5. The van der Waals surface area contributed by atoms with Crippen LogP contribution in [0.5, 0.6) is 0 Å². The van der Waals surface area contributed by atoms with E-state index in [2.05, 4.69) is 73.6 Å². The van der Waals surface area contributed by atoms with Crippen molar-refractivity contribution in [3.63, 3.8) is 0 Å². The predicted octanol–water partition coefficient (Wildman–Crippen LogP) is 9.18. The SMILES string of the molecule is CC(C)=CCC/C(C)=C/CC/C(C)=C/CC[C@@H]1[C@@]2(C)CCCC(C)(C)[C@@H]2CC[C@@]1(C)O. The molecule has 0 aromatic carbocycles. The molecule has 4 atom stereocenters. The second kappa shape index (κ2) is 10.9. The van der Waals surface area contributed by atoms with Crippen LogP contribution in [0.3, 0.4) is 0 Å². The fraction of sp³-hybridized carbons (Fsp3) is 0.800. The average Bonchev–Trinajstić information content (AvgIpc) is 2.62. The second-order valence-electron chi connectivity index (χ2n) is 12.4. The van der Waals surface area contributed by atoms with Crippen LogP contribution in [0.25, 0.3) is 0 Å². The Bertz CT molecular complexity index is 671. The van der Waals surface area contributed by atoms with Crippen LogP contribution < -0.4 is 0 Å². The van der Waals surface area contributed by atoms with Crippen molar-refractivity contribution in [2.24, 2.45) is 22.7 Å². The molecule has 0 spiro atoms. The van der Waals surface area contributed by atoms with Gasteiger partial charge in [0.2, 0.25) is 0 Å². The lowest BCUT2D eigenvalue weighted by molar-refractivity contribution is -0.168. The maximum Gasteiger partial charge on any atom is 0.0653 e. The van der Waals surface area contributed by atoms with E-state index >= 15 is 0 Å². The van der Waals surface area contributed by atoms with Crippen molar-refractivity contribution in [3.8, 4) is 0 Å². The predicted molar refractivity (Wildman–Crippen MR) is 137 cm³/mol. The largest absolute Gasteiger partial charge is 0.390 e. The molecule has 2 aliphatic carbocycles. The van der Waals surface area contributed by atoms with E-state index in [1.807, 2.05) is 0 Å². The Balaban J connectivity index is 1.91. The zero-order valence-corrected chi connectivity index (χ0v) is 22.1. The van der Waals surface area contributed by atoms with E-state index in [1.165, 1.54) is 48.8 Å². The fourth-order valence-corrected chi connectivity index (χ4v) is 7.10. The Labute approximate surface area is 194 Å². The molecule has 1 heteroatoms. The highest BCUT2D eigenvalue weighted by Gasteiger charge is 2.57. The minimum absolute atomic E-state index is 0.288. The molecule has 2 rings (SSSR count). The Morgan fingerprint density at radius 3 is 2.00 bits per heavy atom. The number of aliphatic hydroxyl groups is 1. The highest BCUT2D eigenvalue weighted by Crippen LogP contribution is 2.62. The Morgan fingerprint density at radius 2 is 1.39 bits per heavy atom. The maximum absolute atomic E-state index is 11.3. The van der Waals surface area contributed by atoms with Crippen molar-refractivity contribution in [2.75, 3.05) is 0 Å². The number of fused-ring (bicyclic) bond motifs is 1. The summed E-state index contributed by atoms with van der Waals surface area (Å²) in [5.74, 6) is 1.17. The molecule has 0 heterocycles. The standard InChI is InChI=1S/C30H52O/c1-23(2)13-9-14-24(3)15-10-16-25(4)17-11-18-27-29(7)21-12-20-28(5,6)26(29)19-22-30(27,8)31/h13,15,17,26-27,31H,9-12,14,16,18-22H2,1-8H3/b24-15+,25-17+/t26-,27+,29-,30+/m0/s1. The zero-order chi connectivity index (χ0) is 23.3. The molecule has 1 N–H and O–H groups in total. The first-order chi connectivity index (χ1) is 14.4. The average molecular weight is 429 g/mol. The minimum Gasteiger partial charge on any atom is -0.390 e. The molecule has 0 unspecified atom stereocenters. The molecule has 31 heavy (non-hydrogen) atoms. The van der Waals surface area contributed by atoms with Crippen LogP contribution in [0, 0.1) is 22.7 Å². The van der Waals surface area contributed by atoms with Gasteiger partial charge in [0.1, 0.15) is 0 Å². The molecule has 178 valence electrons. The maximum atomic E-state index is 11.3. The number of hydrogen-bond acceptors (Lipinski definition) is 1. The third-order valence-electron chi connectivity index (χ3n) is 8.83. The van der Waals surface area contributed by atoms with Gasteiger partial charge in [0.05, 0.1) is 5.60 Å². The van der Waals surface area contributed by atoms with E-state index < -0.39 is 5.60 Å². The molecule has 0 bridgehead atoms. The van der Waals surface area contributed by atoms with Crippen LogP contribution >= 0.6 is 0 Å². The van der Waals surface area contributed by atoms with Crippen LogP contribution in [0.4, 0.5) is 0 Å². The van der Waals surface area contributed by atoms with E-state index in [1.54, 1.807) is 0 Å². The summed E-state index contributed by atoms with van der Waals surface area (Å²) < 4.78 is 0. The van der Waals surface area contributed by atoms with E-state index in [4.69, 9.17) is 0 Å². The molecular weight excluding hydrogens is 376 g/mol. The molecule has 0 saturated heterocycles. The Kier molecular flexibility index (Phi) is 9.26. The van der Waals surface area contributed by atoms with Gasteiger partial charge in [-0.25, -0.2) is 0 Å². The smallest absolute Gasteiger partial charge is 0.0653 e. The molecule has 2 fully saturated rings. The van der Waals surface area contributed by atoms with E-state index in [9.17, 15) is 5.11 Å². The summed E-state index contributed by atoms with van der Waals surface area (Å²) in [6.07, 6.45) is 20.3. The summed E-state index contributed by atoms with van der Waals surface area (Å²) in [4.78, 5) is 0. The summed E-state index contributed by atoms with van der Waals surface area (Å²) in [7, 11) is 0. The van der Waals surface area contributed by atoms with Crippen LogP contribution in [0.2, 0.25) is 0 Å². The Morgan fingerprint density at radius 1 is 0.806 bits per heavy atom. The molecule has 0 radical (unpaired) electrons. The number of allylic oxidation sites excluding steroid dienone is 6. The molecule has 0 aromatic rings. The van der Waals surface area contributed by atoms with Gasteiger partial charge in [0, 0.05) is 0 Å². The van der Waals surface area contributed by atoms with Crippen molar-refractivity contribution in [1.82, 2.24) is 0 Å². The third kappa shape index (κ3) is 7.08. The van der Waals surface area contributed by atoms with Crippen LogP contribution in [0.15, 0.2) is 34.9 Å². The first-order valence-electron chi connectivity index (χ1n) is 13.1. The highest BCUT2D eigenvalue weighted by molar-refractivity contribution is 5.09. The second-order valence-corrected chi connectivity index (χ2v) is 12.4. The van der Waals surface area contributed by atoms with Gasteiger partial charge in [-0.1, -0.05) is 62.1 Å². The Hall–Kier alpha value is -0.820. The van der Waals surface area contributed by atoms with Crippen molar-refractivity contribution in [3.05, 3.63) is 34.9 Å². The molecule has 1 nitrogen and oxygen atoms in total. The lowest BCUT2D eigenvalue weighted by Gasteiger charge is -2.61. The summed E-state index contributed by atoms with van der Waals surface area (Å²) >= 11 is 0. The zero-order valence-electron chi connectivity index (χ0n) is 22.1. The van der Waals surface area contributed by atoms with E-state index in [0.29, 0.717) is 11.3 Å². The van der Waals surface area contributed by atoms with Crippen LogP contribution in [-0.2, 0) is 0 Å². The fourth-order valence-electron chi connectivity index (χ4n) is 7.10. The molecule has 2 saturated carbocycles.